The first kappa shape index (κ1) is 25.2. The van der Waals surface area contributed by atoms with Crippen LogP contribution in [0.4, 0.5) is 5.69 Å². The lowest BCUT2D eigenvalue weighted by Crippen LogP contribution is -2.42. The van der Waals surface area contributed by atoms with Gasteiger partial charge in [-0.05, 0) is 81.4 Å². The van der Waals surface area contributed by atoms with Gasteiger partial charge in [0, 0.05) is 18.2 Å². The van der Waals surface area contributed by atoms with E-state index in [-0.39, 0.29) is 30.6 Å². The number of likely N-dealkylation sites (tertiary alicyclic amines) is 1. The minimum absolute atomic E-state index is 0. The number of halogens is 1. The average molecular weight is 466 g/mol. The Morgan fingerprint density at radius 2 is 1.84 bits per heavy atom. The fraction of sp³-hybridized carbons (Fsp3) is 0.478. The van der Waals surface area contributed by atoms with Crippen LogP contribution in [-0.4, -0.2) is 55.9 Å². The summed E-state index contributed by atoms with van der Waals surface area (Å²) in [4.78, 5) is 28.2. The van der Waals surface area contributed by atoms with Crippen LogP contribution in [0, 0.1) is 5.92 Å². The molecule has 6 nitrogen and oxygen atoms in total. The third kappa shape index (κ3) is 6.95. The van der Waals surface area contributed by atoms with Crippen LogP contribution in [0.2, 0.25) is 0 Å². The molecule has 1 aliphatic rings. The molecule has 0 aliphatic carbocycles. The molecule has 2 heterocycles. The van der Waals surface area contributed by atoms with Gasteiger partial charge < -0.3 is 20.3 Å². The monoisotopic (exact) mass is 465 g/mol. The molecule has 0 bridgehead atoms. The van der Waals surface area contributed by atoms with Gasteiger partial charge in [0.1, 0.15) is 5.75 Å². The molecule has 1 aromatic carbocycles. The normalized spacial score (nSPS) is 14.7. The van der Waals surface area contributed by atoms with Crippen molar-refractivity contribution >= 4 is 41.1 Å². The van der Waals surface area contributed by atoms with Crippen LogP contribution in [0.15, 0.2) is 35.7 Å². The van der Waals surface area contributed by atoms with Crippen LogP contribution < -0.4 is 15.4 Å². The Bertz CT molecular complexity index is 846. The Kier molecular flexibility index (Phi) is 9.81. The Labute approximate surface area is 194 Å². The van der Waals surface area contributed by atoms with Crippen molar-refractivity contribution in [3.8, 4) is 5.75 Å². The van der Waals surface area contributed by atoms with E-state index in [0.717, 1.165) is 25.9 Å². The number of nitrogens with zero attached hydrogens (tertiary/aromatic N) is 1. The number of rotatable bonds is 9. The molecule has 31 heavy (non-hydrogen) atoms. The fourth-order valence-corrected chi connectivity index (χ4v) is 4.50. The van der Waals surface area contributed by atoms with E-state index >= 15 is 0 Å². The highest BCUT2D eigenvalue weighted by atomic mass is 35.5. The maximum Gasteiger partial charge on any atom is 0.239 e. The molecule has 1 aliphatic heterocycles. The molecule has 170 valence electrons. The number of carbonyl (C=O) groups is 2. The van der Waals surface area contributed by atoms with E-state index in [4.69, 9.17) is 4.74 Å². The van der Waals surface area contributed by atoms with Gasteiger partial charge in [-0.1, -0.05) is 0 Å². The molecule has 1 aromatic heterocycles. The Balaban J connectivity index is 0.00000341. The highest BCUT2D eigenvalue weighted by Crippen LogP contribution is 2.26. The van der Waals surface area contributed by atoms with Gasteiger partial charge in [0.05, 0.1) is 24.2 Å². The first-order valence-electron chi connectivity index (χ1n) is 10.5. The number of carbonyl (C=O) groups excluding carboxylic acids is 2. The van der Waals surface area contributed by atoms with E-state index in [9.17, 15) is 9.59 Å². The summed E-state index contributed by atoms with van der Waals surface area (Å²) in [7, 11) is 1.59. The number of hydrogen-bond acceptors (Lipinski definition) is 6. The molecule has 1 saturated heterocycles. The third-order valence-electron chi connectivity index (χ3n) is 5.63. The van der Waals surface area contributed by atoms with Crippen LogP contribution in [0.25, 0.3) is 0 Å². The first-order valence-corrected chi connectivity index (χ1v) is 11.4. The largest absolute Gasteiger partial charge is 0.497 e. The van der Waals surface area contributed by atoms with Crippen LogP contribution in [0.5, 0.6) is 5.75 Å². The molecule has 0 atom stereocenters. The second-order valence-electron chi connectivity index (χ2n) is 7.95. The van der Waals surface area contributed by atoms with Crippen LogP contribution in [0.3, 0.4) is 0 Å². The minimum Gasteiger partial charge on any atom is -0.497 e. The molecule has 0 unspecified atom stereocenters. The summed E-state index contributed by atoms with van der Waals surface area (Å²) in [5, 5.41) is 8.02. The van der Waals surface area contributed by atoms with Gasteiger partial charge in [0.25, 0.3) is 0 Å². The number of nitrogens with one attached hydrogen (secondary N) is 2. The predicted molar refractivity (Wildman–Crippen MR) is 129 cm³/mol. The zero-order chi connectivity index (χ0) is 21.5. The van der Waals surface area contributed by atoms with E-state index in [2.05, 4.69) is 29.4 Å². The summed E-state index contributed by atoms with van der Waals surface area (Å²) >= 11 is 1.37. The number of ether oxygens (including phenoxy) is 1. The number of piperidine rings is 1. The summed E-state index contributed by atoms with van der Waals surface area (Å²) in [6.45, 7) is 7.53. The minimum atomic E-state index is -0.0625. The van der Waals surface area contributed by atoms with Crippen LogP contribution >= 0.6 is 23.7 Å². The van der Waals surface area contributed by atoms with Crippen molar-refractivity contribution < 1.29 is 14.3 Å². The summed E-state index contributed by atoms with van der Waals surface area (Å²) in [6.07, 6.45) is 2.24. The molecule has 8 heteroatoms. The van der Waals surface area contributed by atoms with Gasteiger partial charge in [0.2, 0.25) is 11.7 Å². The highest BCUT2D eigenvalue weighted by Gasteiger charge is 2.21. The number of anilines is 1. The van der Waals surface area contributed by atoms with Crippen molar-refractivity contribution in [3.05, 3.63) is 46.2 Å². The molecule has 1 fully saturated rings. The molecule has 0 spiro atoms. The molecule has 1 amide bonds. The number of ketones is 1. The molecular weight excluding hydrogens is 434 g/mol. The van der Waals surface area contributed by atoms with E-state index in [1.54, 1.807) is 31.4 Å². The highest BCUT2D eigenvalue weighted by molar-refractivity contribution is 7.13. The summed E-state index contributed by atoms with van der Waals surface area (Å²) in [5.41, 5.74) is 1.29. The lowest BCUT2D eigenvalue weighted by molar-refractivity contribution is -0.119. The molecule has 0 saturated carbocycles. The van der Waals surface area contributed by atoms with Crippen molar-refractivity contribution in [1.82, 2.24) is 10.2 Å². The number of hydrogen-bond donors (Lipinski definition) is 2. The lowest BCUT2D eigenvalue weighted by atomic mass is 9.96. The second-order valence-corrected chi connectivity index (χ2v) is 8.87. The van der Waals surface area contributed by atoms with Crippen molar-refractivity contribution in [3.63, 3.8) is 0 Å². The van der Waals surface area contributed by atoms with E-state index in [0.29, 0.717) is 40.4 Å². The van der Waals surface area contributed by atoms with Crippen molar-refractivity contribution in [2.75, 3.05) is 38.6 Å². The number of thiophene rings is 1. The van der Waals surface area contributed by atoms with E-state index in [1.807, 2.05) is 11.4 Å². The quantitative estimate of drug-likeness (QED) is 0.546. The standard InChI is InChI=1S/C23H31N3O3S.ClH/c1-16(2)26-11-8-17(9-12-26)14-25-21(27)15-24-20-10-13-30-23(20)22(28)18-4-6-19(29-3)7-5-18;/h4-7,10,13,16-17,24H,8-9,11-12,14-15H2,1-3H3,(H,25,27);1H. The van der Waals surface area contributed by atoms with Crippen molar-refractivity contribution in [2.45, 2.75) is 32.7 Å². The Morgan fingerprint density at radius 1 is 1.16 bits per heavy atom. The zero-order valence-corrected chi connectivity index (χ0v) is 20.0. The summed E-state index contributed by atoms with van der Waals surface area (Å²) < 4.78 is 5.14. The summed E-state index contributed by atoms with van der Waals surface area (Å²) in [6, 6.07) is 9.48. The Morgan fingerprint density at radius 3 is 2.45 bits per heavy atom. The lowest BCUT2D eigenvalue weighted by Gasteiger charge is -2.34. The zero-order valence-electron chi connectivity index (χ0n) is 18.3. The van der Waals surface area contributed by atoms with Gasteiger partial charge in [-0.3, -0.25) is 9.59 Å². The summed E-state index contributed by atoms with van der Waals surface area (Å²) in [5.74, 6) is 1.14. The van der Waals surface area contributed by atoms with Crippen LogP contribution in [0.1, 0.15) is 41.9 Å². The van der Waals surface area contributed by atoms with Crippen molar-refractivity contribution in [1.29, 1.82) is 0 Å². The van der Waals surface area contributed by atoms with E-state index in [1.165, 1.54) is 11.3 Å². The first-order chi connectivity index (χ1) is 14.5. The maximum absolute atomic E-state index is 12.8. The van der Waals surface area contributed by atoms with Gasteiger partial charge >= 0.3 is 0 Å². The SMILES string of the molecule is COc1ccc(C(=O)c2sccc2NCC(=O)NCC2CCN(C(C)C)CC2)cc1.Cl. The third-order valence-corrected chi connectivity index (χ3v) is 6.54. The predicted octanol–water partition coefficient (Wildman–Crippen LogP) is 4.06. The van der Waals surface area contributed by atoms with Crippen molar-refractivity contribution in [2.24, 2.45) is 5.92 Å². The number of methoxy groups -OCH3 is 1. The maximum atomic E-state index is 12.8. The second kappa shape index (κ2) is 12.1. The topological polar surface area (TPSA) is 70.7 Å². The van der Waals surface area contributed by atoms with Gasteiger partial charge in [-0.15, -0.1) is 23.7 Å². The number of benzene rings is 1. The fourth-order valence-electron chi connectivity index (χ4n) is 3.67. The molecule has 0 radical (unpaired) electrons. The van der Waals surface area contributed by atoms with Gasteiger partial charge in [-0.25, -0.2) is 0 Å². The average Bonchev–Trinajstić information content (AvgIpc) is 3.24. The van der Waals surface area contributed by atoms with Crippen LogP contribution in [-0.2, 0) is 4.79 Å². The molecule has 3 rings (SSSR count). The number of amides is 1. The smallest absolute Gasteiger partial charge is 0.239 e. The van der Waals surface area contributed by atoms with E-state index < -0.39 is 0 Å². The molecular formula is C23H32ClN3O3S. The molecule has 2 aromatic rings. The van der Waals surface area contributed by atoms with Gasteiger partial charge in [0.15, 0.2) is 0 Å². The Hall–Kier alpha value is -2.09. The van der Waals surface area contributed by atoms with Gasteiger partial charge in [-0.2, -0.15) is 0 Å². The molecule has 2 N–H and O–H groups in total.